The van der Waals surface area contributed by atoms with Gasteiger partial charge in [0, 0.05) is 36.1 Å². The number of amides is 1. The first-order valence-corrected chi connectivity index (χ1v) is 9.89. The van der Waals surface area contributed by atoms with Gasteiger partial charge >= 0.3 is 0 Å². The second kappa shape index (κ2) is 6.63. The van der Waals surface area contributed by atoms with Crippen molar-refractivity contribution in [1.29, 1.82) is 0 Å². The van der Waals surface area contributed by atoms with Gasteiger partial charge in [-0.2, -0.15) is 11.8 Å². The van der Waals surface area contributed by atoms with E-state index in [9.17, 15) is 9.59 Å². The van der Waals surface area contributed by atoms with Crippen LogP contribution in [0.1, 0.15) is 30.4 Å². The summed E-state index contributed by atoms with van der Waals surface area (Å²) in [4.78, 5) is 24.3. The summed E-state index contributed by atoms with van der Waals surface area (Å²) in [7, 11) is 0. The van der Waals surface area contributed by atoms with Crippen LogP contribution in [0, 0.1) is 5.92 Å². The van der Waals surface area contributed by atoms with Gasteiger partial charge in [0.2, 0.25) is 5.91 Å². The molecule has 0 radical (unpaired) electrons. The zero-order valence-corrected chi connectivity index (χ0v) is 14.5. The van der Waals surface area contributed by atoms with Gasteiger partial charge < -0.3 is 9.88 Å². The van der Waals surface area contributed by atoms with Crippen LogP contribution in [0.5, 0.6) is 0 Å². The lowest BCUT2D eigenvalue weighted by Crippen LogP contribution is -2.28. The predicted molar refractivity (Wildman–Crippen MR) is 98.4 cm³/mol. The van der Waals surface area contributed by atoms with Crippen LogP contribution in [0.15, 0.2) is 29.1 Å². The Kier molecular flexibility index (Phi) is 4.35. The van der Waals surface area contributed by atoms with Crippen LogP contribution in [-0.2, 0) is 23.5 Å². The Hall–Kier alpha value is -1.75. The number of benzene rings is 1. The summed E-state index contributed by atoms with van der Waals surface area (Å²) in [5.41, 5.74) is 3.45. The van der Waals surface area contributed by atoms with Crippen molar-refractivity contribution in [2.24, 2.45) is 5.92 Å². The Bertz CT molecular complexity index is 839. The maximum Gasteiger partial charge on any atom is 0.255 e. The minimum Gasteiger partial charge on any atom is -0.355 e. The number of para-hydroxylation sites is 1. The standard InChI is InChI=1S/C19H22N2O2S/c22-18(14-6-7-14)20-8-10-24-12-16-11-15-4-1-3-13-5-2-9-21(17(13)15)19(16)23/h1,3-4,11,14H,2,5-10,12H2,(H,20,22). The highest BCUT2D eigenvalue weighted by Gasteiger charge is 2.28. The van der Waals surface area contributed by atoms with Gasteiger partial charge in [-0.05, 0) is 42.7 Å². The first kappa shape index (κ1) is 15.8. The molecule has 4 nitrogen and oxygen atoms in total. The number of aryl methyl sites for hydroxylation is 2. The summed E-state index contributed by atoms with van der Waals surface area (Å²) in [5, 5.41) is 4.14. The monoisotopic (exact) mass is 342 g/mol. The second-order valence-electron chi connectivity index (χ2n) is 6.70. The highest BCUT2D eigenvalue weighted by Crippen LogP contribution is 2.28. The van der Waals surface area contributed by atoms with Crippen LogP contribution in [0.25, 0.3) is 10.9 Å². The number of nitrogens with one attached hydrogen (secondary N) is 1. The molecule has 1 aliphatic heterocycles. The Morgan fingerprint density at radius 3 is 3.04 bits per heavy atom. The van der Waals surface area contributed by atoms with E-state index in [1.165, 1.54) is 10.9 Å². The number of nitrogens with zero attached hydrogens (tertiary/aromatic N) is 1. The smallest absolute Gasteiger partial charge is 0.255 e. The summed E-state index contributed by atoms with van der Waals surface area (Å²) in [6.07, 6.45) is 4.18. The van der Waals surface area contributed by atoms with Gasteiger partial charge in [0.25, 0.3) is 5.56 Å². The third-order valence-corrected chi connectivity index (χ3v) is 5.86. The fraction of sp³-hybridized carbons (Fsp3) is 0.474. The number of hydrogen-bond donors (Lipinski definition) is 1. The Labute approximate surface area is 145 Å². The first-order valence-electron chi connectivity index (χ1n) is 8.74. The highest BCUT2D eigenvalue weighted by molar-refractivity contribution is 7.98. The van der Waals surface area contributed by atoms with E-state index in [1.54, 1.807) is 11.8 Å². The molecule has 1 saturated carbocycles. The highest BCUT2D eigenvalue weighted by atomic mass is 32.2. The van der Waals surface area contributed by atoms with E-state index < -0.39 is 0 Å². The molecular formula is C19H22N2O2S. The van der Waals surface area contributed by atoms with Crippen LogP contribution in [-0.4, -0.2) is 22.8 Å². The Morgan fingerprint density at radius 2 is 2.21 bits per heavy atom. The van der Waals surface area contributed by atoms with Crippen molar-refractivity contribution in [3.63, 3.8) is 0 Å². The van der Waals surface area contributed by atoms with Crippen molar-refractivity contribution in [2.45, 2.75) is 38.0 Å². The summed E-state index contributed by atoms with van der Waals surface area (Å²) in [6.45, 7) is 1.51. The van der Waals surface area contributed by atoms with Crippen molar-refractivity contribution in [1.82, 2.24) is 9.88 Å². The van der Waals surface area contributed by atoms with Gasteiger partial charge in [-0.25, -0.2) is 0 Å². The van der Waals surface area contributed by atoms with Gasteiger partial charge in [-0.3, -0.25) is 9.59 Å². The molecule has 5 heteroatoms. The summed E-state index contributed by atoms with van der Waals surface area (Å²) < 4.78 is 1.96. The van der Waals surface area contributed by atoms with Gasteiger partial charge in [0.1, 0.15) is 0 Å². The maximum absolute atomic E-state index is 12.7. The van der Waals surface area contributed by atoms with Crippen LogP contribution in [0.4, 0.5) is 0 Å². The van der Waals surface area contributed by atoms with Crippen LogP contribution in [0.2, 0.25) is 0 Å². The van der Waals surface area contributed by atoms with Crippen LogP contribution in [0.3, 0.4) is 0 Å². The number of thioether (sulfide) groups is 1. The molecule has 2 heterocycles. The molecule has 24 heavy (non-hydrogen) atoms. The predicted octanol–water partition coefficient (Wildman–Crippen LogP) is 2.71. The lowest BCUT2D eigenvalue weighted by molar-refractivity contribution is -0.122. The quantitative estimate of drug-likeness (QED) is 0.821. The van der Waals surface area contributed by atoms with Crippen molar-refractivity contribution in [2.75, 3.05) is 12.3 Å². The number of hydrogen-bond acceptors (Lipinski definition) is 3. The summed E-state index contributed by atoms with van der Waals surface area (Å²) >= 11 is 1.72. The SMILES string of the molecule is O=C(NCCSCc1cc2cccc3c2n(c1=O)CCC3)C1CC1. The normalized spacial score (nSPS) is 16.3. The number of carbonyl (C=O) groups excluding carboxylic acids is 1. The molecule has 0 unspecified atom stereocenters. The van der Waals surface area contributed by atoms with Crippen LogP contribution >= 0.6 is 11.8 Å². The Balaban J connectivity index is 1.44. The maximum atomic E-state index is 12.7. The molecule has 126 valence electrons. The minimum atomic E-state index is 0.157. The first-order chi connectivity index (χ1) is 11.7. The molecule has 1 aromatic carbocycles. The van der Waals surface area contributed by atoms with E-state index >= 15 is 0 Å². The van der Waals surface area contributed by atoms with Crippen molar-refractivity contribution in [3.05, 3.63) is 45.7 Å². The van der Waals surface area contributed by atoms with E-state index in [1.807, 2.05) is 4.57 Å². The average Bonchev–Trinajstić information content (AvgIpc) is 3.43. The summed E-state index contributed by atoms with van der Waals surface area (Å²) in [5.74, 6) is 2.01. The zero-order valence-electron chi connectivity index (χ0n) is 13.7. The number of pyridine rings is 1. The third-order valence-electron chi connectivity index (χ3n) is 4.85. The zero-order chi connectivity index (χ0) is 16.5. The summed E-state index contributed by atoms with van der Waals surface area (Å²) in [6, 6.07) is 8.37. The van der Waals surface area contributed by atoms with Gasteiger partial charge in [-0.15, -0.1) is 0 Å². The topological polar surface area (TPSA) is 51.1 Å². The molecule has 1 amide bonds. The molecule has 0 bridgehead atoms. The van der Waals surface area contributed by atoms with Gasteiger partial charge in [-0.1, -0.05) is 18.2 Å². The van der Waals surface area contributed by atoms with E-state index in [2.05, 4.69) is 29.6 Å². The van der Waals surface area contributed by atoms with Gasteiger partial charge in [0.05, 0.1) is 5.52 Å². The number of aromatic nitrogens is 1. The fourth-order valence-electron chi connectivity index (χ4n) is 3.45. The molecule has 2 aromatic rings. The molecule has 0 spiro atoms. The average molecular weight is 342 g/mol. The lowest BCUT2D eigenvalue weighted by atomic mass is 10.0. The van der Waals surface area contributed by atoms with Gasteiger partial charge in [0.15, 0.2) is 0 Å². The van der Waals surface area contributed by atoms with Crippen molar-refractivity contribution in [3.8, 4) is 0 Å². The largest absolute Gasteiger partial charge is 0.355 e. The molecule has 1 aliphatic carbocycles. The number of rotatable bonds is 6. The molecule has 4 rings (SSSR count). The van der Waals surface area contributed by atoms with E-state index in [0.717, 1.165) is 49.1 Å². The minimum absolute atomic E-state index is 0.157. The molecule has 1 fully saturated rings. The van der Waals surface area contributed by atoms with Crippen LogP contribution < -0.4 is 10.9 Å². The molecule has 0 saturated heterocycles. The van der Waals surface area contributed by atoms with Crippen molar-refractivity contribution < 1.29 is 4.79 Å². The van der Waals surface area contributed by atoms with E-state index in [0.29, 0.717) is 12.3 Å². The lowest BCUT2D eigenvalue weighted by Gasteiger charge is -2.20. The Morgan fingerprint density at radius 1 is 1.33 bits per heavy atom. The van der Waals surface area contributed by atoms with E-state index in [-0.39, 0.29) is 17.4 Å². The molecule has 0 atom stereocenters. The van der Waals surface area contributed by atoms with Crippen molar-refractivity contribution >= 4 is 28.6 Å². The third kappa shape index (κ3) is 3.09. The fourth-order valence-corrected chi connectivity index (χ4v) is 4.26. The molecule has 1 aromatic heterocycles. The molecular weight excluding hydrogens is 320 g/mol. The van der Waals surface area contributed by atoms with E-state index in [4.69, 9.17) is 0 Å². The number of carbonyl (C=O) groups is 1. The second-order valence-corrected chi connectivity index (χ2v) is 7.81. The molecule has 1 N–H and O–H groups in total. The molecule has 2 aliphatic rings.